The standard InChI is InChI=1S/C10H12ClN/c1-6-4-7(11)5-9-8(6)2-3-10(9)12/h4-5,10H,2-3,12H2,1H3. The van der Waals surface area contributed by atoms with E-state index in [0.717, 1.165) is 17.9 Å². The summed E-state index contributed by atoms with van der Waals surface area (Å²) in [6.45, 7) is 2.10. The SMILES string of the molecule is Cc1cc(Cl)cc2c1CCC2N. The van der Waals surface area contributed by atoms with Crippen molar-refractivity contribution in [3.8, 4) is 0 Å². The highest BCUT2D eigenvalue weighted by Gasteiger charge is 2.20. The molecule has 1 aromatic carbocycles. The monoisotopic (exact) mass is 181 g/mol. The largest absolute Gasteiger partial charge is 0.324 e. The molecule has 1 aliphatic carbocycles. The Morgan fingerprint density at radius 2 is 2.25 bits per heavy atom. The number of rotatable bonds is 0. The second-order valence-electron chi connectivity index (χ2n) is 3.44. The van der Waals surface area contributed by atoms with Crippen LogP contribution in [0.5, 0.6) is 0 Å². The van der Waals surface area contributed by atoms with Crippen molar-refractivity contribution in [3.63, 3.8) is 0 Å². The average Bonchev–Trinajstić information content (AvgIpc) is 2.33. The molecule has 0 aromatic heterocycles. The summed E-state index contributed by atoms with van der Waals surface area (Å²) in [5.41, 5.74) is 9.87. The van der Waals surface area contributed by atoms with Gasteiger partial charge in [0.25, 0.3) is 0 Å². The van der Waals surface area contributed by atoms with E-state index in [2.05, 4.69) is 6.92 Å². The van der Waals surface area contributed by atoms with Gasteiger partial charge in [-0.05, 0) is 48.6 Å². The molecule has 0 fully saturated rings. The molecule has 1 nitrogen and oxygen atoms in total. The van der Waals surface area contributed by atoms with Crippen molar-refractivity contribution in [1.29, 1.82) is 0 Å². The summed E-state index contributed by atoms with van der Waals surface area (Å²) in [6.07, 6.45) is 2.18. The summed E-state index contributed by atoms with van der Waals surface area (Å²) in [5, 5.41) is 0.809. The Morgan fingerprint density at radius 3 is 3.00 bits per heavy atom. The van der Waals surface area contributed by atoms with Gasteiger partial charge in [-0.1, -0.05) is 11.6 Å². The van der Waals surface area contributed by atoms with Crippen LogP contribution in [0, 0.1) is 6.92 Å². The van der Waals surface area contributed by atoms with Gasteiger partial charge in [0.2, 0.25) is 0 Å². The van der Waals surface area contributed by atoms with Crippen LogP contribution in [-0.2, 0) is 6.42 Å². The molecule has 1 atom stereocenters. The minimum Gasteiger partial charge on any atom is -0.324 e. The Bertz CT molecular complexity index is 320. The molecule has 1 unspecified atom stereocenters. The molecule has 0 heterocycles. The Balaban J connectivity index is 2.60. The van der Waals surface area contributed by atoms with Gasteiger partial charge in [-0.15, -0.1) is 0 Å². The van der Waals surface area contributed by atoms with E-state index < -0.39 is 0 Å². The first kappa shape index (κ1) is 8.09. The van der Waals surface area contributed by atoms with Crippen molar-refractivity contribution in [2.45, 2.75) is 25.8 Å². The number of benzene rings is 1. The highest BCUT2D eigenvalue weighted by Crippen LogP contribution is 2.33. The predicted molar refractivity (Wildman–Crippen MR) is 51.4 cm³/mol. The Hall–Kier alpha value is -0.530. The van der Waals surface area contributed by atoms with Crippen molar-refractivity contribution in [2.24, 2.45) is 5.73 Å². The molecule has 0 bridgehead atoms. The van der Waals surface area contributed by atoms with Gasteiger partial charge in [-0.3, -0.25) is 0 Å². The van der Waals surface area contributed by atoms with E-state index in [9.17, 15) is 0 Å². The third kappa shape index (κ3) is 1.13. The molecule has 2 heteroatoms. The summed E-state index contributed by atoms with van der Waals surface area (Å²) in [6, 6.07) is 4.22. The van der Waals surface area contributed by atoms with E-state index in [1.165, 1.54) is 16.7 Å². The quantitative estimate of drug-likeness (QED) is 0.654. The third-order valence-electron chi connectivity index (χ3n) is 2.58. The van der Waals surface area contributed by atoms with Gasteiger partial charge in [-0.2, -0.15) is 0 Å². The summed E-state index contributed by atoms with van der Waals surface area (Å²) in [7, 11) is 0. The number of nitrogens with two attached hydrogens (primary N) is 1. The number of aryl methyl sites for hydroxylation is 1. The molecule has 0 saturated heterocycles. The molecule has 2 rings (SSSR count). The summed E-state index contributed by atoms with van der Waals surface area (Å²) < 4.78 is 0. The zero-order valence-corrected chi connectivity index (χ0v) is 7.86. The van der Waals surface area contributed by atoms with E-state index in [0.29, 0.717) is 0 Å². The minimum absolute atomic E-state index is 0.206. The lowest BCUT2D eigenvalue weighted by Gasteiger charge is -2.07. The maximum atomic E-state index is 5.94. The summed E-state index contributed by atoms with van der Waals surface area (Å²) >= 11 is 5.94. The first-order valence-corrected chi connectivity index (χ1v) is 4.61. The van der Waals surface area contributed by atoms with Crippen molar-refractivity contribution < 1.29 is 0 Å². The average molecular weight is 182 g/mol. The van der Waals surface area contributed by atoms with Gasteiger partial charge in [-0.25, -0.2) is 0 Å². The fourth-order valence-electron chi connectivity index (χ4n) is 1.93. The number of halogens is 1. The van der Waals surface area contributed by atoms with Crippen LogP contribution >= 0.6 is 11.6 Å². The Labute approximate surface area is 77.5 Å². The summed E-state index contributed by atoms with van der Waals surface area (Å²) in [5.74, 6) is 0. The molecule has 1 aliphatic rings. The second kappa shape index (κ2) is 2.75. The van der Waals surface area contributed by atoms with Crippen molar-refractivity contribution in [3.05, 3.63) is 33.8 Å². The Morgan fingerprint density at radius 1 is 1.50 bits per heavy atom. The minimum atomic E-state index is 0.206. The molecule has 1 aromatic rings. The maximum Gasteiger partial charge on any atom is 0.0412 e. The molecule has 0 spiro atoms. The molecule has 0 saturated carbocycles. The van der Waals surface area contributed by atoms with Gasteiger partial charge in [0.05, 0.1) is 0 Å². The molecule has 12 heavy (non-hydrogen) atoms. The van der Waals surface area contributed by atoms with Crippen LogP contribution in [0.25, 0.3) is 0 Å². The molecule has 2 N–H and O–H groups in total. The topological polar surface area (TPSA) is 26.0 Å². The molecule has 0 aliphatic heterocycles. The van der Waals surface area contributed by atoms with Gasteiger partial charge in [0.15, 0.2) is 0 Å². The fraction of sp³-hybridized carbons (Fsp3) is 0.400. The normalized spacial score (nSPS) is 21.1. The van der Waals surface area contributed by atoms with E-state index in [-0.39, 0.29) is 6.04 Å². The first-order valence-electron chi connectivity index (χ1n) is 4.23. The van der Waals surface area contributed by atoms with Crippen LogP contribution in [0.15, 0.2) is 12.1 Å². The Kier molecular flexibility index (Phi) is 1.85. The van der Waals surface area contributed by atoms with Gasteiger partial charge < -0.3 is 5.73 Å². The van der Waals surface area contributed by atoms with E-state index >= 15 is 0 Å². The molecule has 64 valence electrons. The number of hydrogen-bond donors (Lipinski definition) is 1. The molecular formula is C10H12ClN. The number of fused-ring (bicyclic) bond motifs is 1. The summed E-state index contributed by atoms with van der Waals surface area (Å²) in [4.78, 5) is 0. The highest BCUT2D eigenvalue weighted by molar-refractivity contribution is 6.30. The first-order chi connectivity index (χ1) is 5.68. The smallest absolute Gasteiger partial charge is 0.0412 e. The lowest BCUT2D eigenvalue weighted by atomic mass is 10.0. The predicted octanol–water partition coefficient (Wildman–Crippen LogP) is 2.59. The van der Waals surface area contributed by atoms with Crippen LogP contribution < -0.4 is 5.73 Å². The maximum absolute atomic E-state index is 5.94. The van der Waals surface area contributed by atoms with E-state index in [1.54, 1.807) is 0 Å². The van der Waals surface area contributed by atoms with Crippen LogP contribution in [0.1, 0.15) is 29.2 Å². The third-order valence-corrected chi connectivity index (χ3v) is 2.80. The molecule has 0 amide bonds. The van der Waals surface area contributed by atoms with Crippen LogP contribution in [0.2, 0.25) is 5.02 Å². The van der Waals surface area contributed by atoms with Gasteiger partial charge >= 0.3 is 0 Å². The van der Waals surface area contributed by atoms with E-state index in [4.69, 9.17) is 17.3 Å². The molecular weight excluding hydrogens is 170 g/mol. The lowest BCUT2D eigenvalue weighted by Crippen LogP contribution is -2.05. The van der Waals surface area contributed by atoms with Crippen molar-refractivity contribution in [2.75, 3.05) is 0 Å². The van der Waals surface area contributed by atoms with Gasteiger partial charge in [0.1, 0.15) is 0 Å². The van der Waals surface area contributed by atoms with Crippen molar-refractivity contribution in [1.82, 2.24) is 0 Å². The molecule has 0 radical (unpaired) electrons. The highest BCUT2D eigenvalue weighted by atomic mass is 35.5. The fourth-order valence-corrected chi connectivity index (χ4v) is 2.21. The van der Waals surface area contributed by atoms with Crippen LogP contribution in [0.3, 0.4) is 0 Å². The lowest BCUT2D eigenvalue weighted by molar-refractivity contribution is 0.713. The van der Waals surface area contributed by atoms with Crippen molar-refractivity contribution >= 4 is 11.6 Å². The number of hydrogen-bond acceptors (Lipinski definition) is 1. The van der Waals surface area contributed by atoms with Crippen LogP contribution in [-0.4, -0.2) is 0 Å². The van der Waals surface area contributed by atoms with E-state index in [1.807, 2.05) is 12.1 Å². The second-order valence-corrected chi connectivity index (χ2v) is 3.87. The van der Waals surface area contributed by atoms with Gasteiger partial charge in [0, 0.05) is 11.1 Å². The zero-order chi connectivity index (χ0) is 8.72. The van der Waals surface area contributed by atoms with Crippen LogP contribution in [0.4, 0.5) is 0 Å². The zero-order valence-electron chi connectivity index (χ0n) is 7.10.